The fraction of sp³-hybridized carbons (Fsp3) is 0.387. The van der Waals surface area contributed by atoms with E-state index in [-0.39, 0.29) is 17.6 Å². The van der Waals surface area contributed by atoms with Crippen molar-refractivity contribution < 1.29 is 13.2 Å². The highest BCUT2D eigenvalue weighted by atomic mass is 32.2. The Labute approximate surface area is 247 Å². The van der Waals surface area contributed by atoms with Gasteiger partial charge in [0, 0.05) is 59.5 Å². The van der Waals surface area contributed by atoms with E-state index in [1.807, 2.05) is 38.1 Å². The van der Waals surface area contributed by atoms with Crippen molar-refractivity contribution in [3.05, 3.63) is 77.2 Å². The zero-order chi connectivity index (χ0) is 29.1. The Morgan fingerprint density at radius 2 is 1.93 bits per heavy atom. The average molecular weight is 592 g/mol. The van der Waals surface area contributed by atoms with Crippen molar-refractivity contribution in [3.63, 3.8) is 0 Å². The number of hydrogen-bond acceptors (Lipinski definition) is 5. The number of Topliss-reactive ketones (excluding diaryl/α,β-unsaturated/α-hetero) is 1. The van der Waals surface area contributed by atoms with E-state index in [1.165, 1.54) is 0 Å². The molecular formula is C31H37N5O3S2. The van der Waals surface area contributed by atoms with E-state index < -0.39 is 10.0 Å². The van der Waals surface area contributed by atoms with Crippen LogP contribution in [0, 0.1) is 6.92 Å². The van der Waals surface area contributed by atoms with Gasteiger partial charge in [0.25, 0.3) is 0 Å². The Morgan fingerprint density at radius 1 is 1.15 bits per heavy atom. The Kier molecular flexibility index (Phi) is 8.72. The first kappa shape index (κ1) is 29.2. The third kappa shape index (κ3) is 6.60. The van der Waals surface area contributed by atoms with Gasteiger partial charge >= 0.3 is 0 Å². The molecule has 0 aliphatic carbocycles. The summed E-state index contributed by atoms with van der Waals surface area (Å²) in [5, 5.41) is 8.19. The number of aryl methyl sites for hydroxylation is 2. The van der Waals surface area contributed by atoms with Crippen LogP contribution in [0.4, 0.5) is 0 Å². The molecule has 8 nitrogen and oxygen atoms in total. The number of aromatic nitrogens is 3. The third-order valence-electron chi connectivity index (χ3n) is 7.86. The summed E-state index contributed by atoms with van der Waals surface area (Å²) in [6, 6.07) is 16.4. The molecule has 3 N–H and O–H groups in total. The van der Waals surface area contributed by atoms with E-state index in [0.717, 1.165) is 57.4 Å². The first-order valence-corrected chi connectivity index (χ1v) is 16.2. The normalized spacial score (nSPS) is 15.0. The topological polar surface area (TPSA) is 114 Å². The second-order valence-electron chi connectivity index (χ2n) is 11.0. The quantitative estimate of drug-likeness (QED) is 0.235. The maximum atomic E-state index is 12.7. The van der Waals surface area contributed by atoms with Crippen molar-refractivity contribution in [3.8, 4) is 11.1 Å². The number of ketones is 1. The van der Waals surface area contributed by atoms with Gasteiger partial charge in [0.2, 0.25) is 10.0 Å². The van der Waals surface area contributed by atoms with E-state index in [2.05, 4.69) is 45.2 Å². The molecule has 0 bridgehead atoms. The van der Waals surface area contributed by atoms with Gasteiger partial charge in [0.15, 0.2) is 0 Å². The van der Waals surface area contributed by atoms with Crippen molar-refractivity contribution in [2.75, 3.05) is 18.8 Å². The van der Waals surface area contributed by atoms with Gasteiger partial charge in [-0.15, -0.1) is 0 Å². The van der Waals surface area contributed by atoms with Gasteiger partial charge in [-0.05, 0) is 61.9 Å². The van der Waals surface area contributed by atoms with Crippen molar-refractivity contribution >= 4 is 43.9 Å². The van der Waals surface area contributed by atoms with Gasteiger partial charge in [-0.2, -0.15) is 5.10 Å². The largest absolute Gasteiger partial charge is 0.389 e. The molecule has 1 fully saturated rings. The smallest absolute Gasteiger partial charge is 0.214 e. The predicted octanol–water partition coefficient (Wildman–Crippen LogP) is 5.10. The first-order valence-electron chi connectivity index (χ1n) is 14.2. The second-order valence-corrected chi connectivity index (χ2v) is 13.5. The van der Waals surface area contributed by atoms with Crippen molar-refractivity contribution in [2.45, 2.75) is 58.4 Å². The van der Waals surface area contributed by atoms with Gasteiger partial charge in [0.05, 0.1) is 17.9 Å². The molecule has 1 aliphatic rings. The molecule has 0 radical (unpaired) electrons. The number of fused-ring (bicyclic) bond motifs is 1. The van der Waals surface area contributed by atoms with Crippen LogP contribution in [-0.2, 0) is 27.7 Å². The van der Waals surface area contributed by atoms with Gasteiger partial charge in [-0.25, -0.2) is 12.7 Å². The lowest BCUT2D eigenvalue weighted by atomic mass is 10.00. The molecule has 10 heteroatoms. The van der Waals surface area contributed by atoms with E-state index in [0.29, 0.717) is 43.8 Å². The minimum absolute atomic E-state index is 0.155. The maximum Gasteiger partial charge on any atom is 0.214 e. The number of nitrogens with zero attached hydrogens (tertiary/aromatic N) is 3. The standard InChI is InChI=1S/C31H37N5O3S2/c1-3-15-41(38,39)35-13-11-26(12-14-35)36-20-29(23-5-4-6-24(18-23)31(32)40)28-10-8-22(17-30(28)36)7-9-27(37)19-25-16-21(2)33-34-25/h4-6,8,10,16-18,20,26H,3,7,9,11-15,19H2,1-2H3,(H2,32,40)(H,33,34). The lowest BCUT2D eigenvalue weighted by molar-refractivity contribution is -0.118. The molecular weight excluding hydrogens is 555 g/mol. The number of rotatable bonds is 11. The summed E-state index contributed by atoms with van der Waals surface area (Å²) in [5.74, 6) is 0.345. The number of benzene rings is 2. The van der Waals surface area contributed by atoms with Crippen LogP contribution in [0.25, 0.3) is 22.0 Å². The van der Waals surface area contributed by atoms with Gasteiger partial charge in [0.1, 0.15) is 10.8 Å². The SMILES string of the molecule is CCCS(=O)(=O)N1CCC(n2cc(-c3cccc(C(N)=S)c3)c3ccc(CCC(=O)Cc4cc(C)[nH]n4)cc32)CC1. The number of piperidine rings is 1. The molecule has 0 atom stereocenters. The fourth-order valence-electron chi connectivity index (χ4n) is 5.75. The molecule has 2 aromatic heterocycles. The minimum Gasteiger partial charge on any atom is -0.389 e. The number of hydrogen-bond donors (Lipinski definition) is 2. The Balaban J connectivity index is 1.44. The predicted molar refractivity (Wildman–Crippen MR) is 168 cm³/mol. The summed E-state index contributed by atoms with van der Waals surface area (Å²) in [4.78, 5) is 13.0. The molecule has 2 aromatic carbocycles. The Morgan fingerprint density at radius 3 is 2.61 bits per heavy atom. The lowest BCUT2D eigenvalue weighted by Gasteiger charge is -2.32. The maximum absolute atomic E-state index is 12.7. The van der Waals surface area contributed by atoms with Gasteiger partial charge in [-0.3, -0.25) is 9.89 Å². The highest BCUT2D eigenvalue weighted by Crippen LogP contribution is 2.37. The summed E-state index contributed by atoms with van der Waals surface area (Å²) in [6.45, 7) is 4.85. The van der Waals surface area contributed by atoms with Gasteiger partial charge in [-0.1, -0.05) is 49.5 Å². The summed E-state index contributed by atoms with van der Waals surface area (Å²) in [5.41, 5.74) is 12.7. The van der Waals surface area contributed by atoms with Crippen LogP contribution in [-0.4, -0.2) is 57.1 Å². The van der Waals surface area contributed by atoms with E-state index in [1.54, 1.807) is 4.31 Å². The van der Waals surface area contributed by atoms with Crippen molar-refractivity contribution in [2.24, 2.45) is 5.73 Å². The molecule has 5 rings (SSSR count). The highest BCUT2D eigenvalue weighted by Gasteiger charge is 2.29. The number of nitrogens with two attached hydrogens (primary N) is 1. The van der Waals surface area contributed by atoms with Crippen molar-refractivity contribution in [1.29, 1.82) is 0 Å². The molecule has 1 saturated heterocycles. The van der Waals surface area contributed by atoms with Crippen molar-refractivity contribution in [1.82, 2.24) is 19.1 Å². The van der Waals surface area contributed by atoms with E-state index in [9.17, 15) is 13.2 Å². The van der Waals surface area contributed by atoms with Gasteiger partial charge < -0.3 is 10.3 Å². The van der Waals surface area contributed by atoms with Crippen LogP contribution in [0.1, 0.15) is 61.2 Å². The molecule has 3 heterocycles. The Bertz CT molecular complexity index is 1680. The summed E-state index contributed by atoms with van der Waals surface area (Å²) in [7, 11) is -3.21. The number of sulfonamides is 1. The number of carbonyl (C=O) groups excluding carboxylic acids is 1. The van der Waals surface area contributed by atoms with E-state index in [4.69, 9.17) is 18.0 Å². The lowest BCUT2D eigenvalue weighted by Crippen LogP contribution is -2.40. The molecule has 0 unspecified atom stereocenters. The summed E-state index contributed by atoms with van der Waals surface area (Å²) in [6.07, 6.45) is 5.69. The molecule has 0 amide bonds. The molecule has 0 spiro atoms. The number of carbonyl (C=O) groups is 1. The molecule has 4 aromatic rings. The Hall–Kier alpha value is -3.34. The first-order chi connectivity index (χ1) is 19.6. The number of H-pyrrole nitrogens is 1. The second kappa shape index (κ2) is 12.3. The molecule has 41 heavy (non-hydrogen) atoms. The highest BCUT2D eigenvalue weighted by molar-refractivity contribution is 7.89. The number of thiocarbonyl (C=S) groups is 1. The number of nitrogens with one attached hydrogen (secondary N) is 1. The van der Waals surface area contributed by atoms with Crippen LogP contribution in [0.3, 0.4) is 0 Å². The fourth-order valence-corrected chi connectivity index (χ4v) is 7.42. The zero-order valence-corrected chi connectivity index (χ0v) is 25.2. The van der Waals surface area contributed by atoms with Crippen LogP contribution >= 0.6 is 12.2 Å². The zero-order valence-electron chi connectivity index (χ0n) is 23.6. The van der Waals surface area contributed by atoms with E-state index >= 15 is 0 Å². The molecule has 1 aliphatic heterocycles. The van der Waals surface area contributed by atoms with Crippen LogP contribution in [0.5, 0.6) is 0 Å². The van der Waals surface area contributed by atoms with Crippen LogP contribution in [0.15, 0.2) is 54.7 Å². The molecule has 0 saturated carbocycles. The number of aromatic amines is 1. The minimum atomic E-state index is -3.21. The summed E-state index contributed by atoms with van der Waals surface area (Å²) < 4.78 is 29.3. The monoisotopic (exact) mass is 591 g/mol. The summed E-state index contributed by atoms with van der Waals surface area (Å²) >= 11 is 5.23. The third-order valence-corrected chi connectivity index (χ3v) is 10.2. The molecule has 216 valence electrons. The van der Waals surface area contributed by atoms with Crippen LogP contribution in [0.2, 0.25) is 0 Å². The van der Waals surface area contributed by atoms with Crippen LogP contribution < -0.4 is 5.73 Å². The average Bonchev–Trinajstić information content (AvgIpc) is 3.54.